The van der Waals surface area contributed by atoms with Gasteiger partial charge in [0, 0.05) is 49.7 Å². The lowest BCUT2D eigenvalue weighted by Crippen LogP contribution is -2.52. The van der Waals surface area contributed by atoms with Gasteiger partial charge in [-0.15, -0.1) is 0 Å². The number of piperidine rings is 1. The summed E-state index contributed by atoms with van der Waals surface area (Å²) in [5.74, 6) is 0.291. The summed E-state index contributed by atoms with van der Waals surface area (Å²) in [6.45, 7) is 3.96. The smallest absolute Gasteiger partial charge is 0.404 e. The Morgan fingerprint density at radius 3 is 2.67 bits per heavy atom. The molecule has 5 rings (SSSR count). The standard InChI is InChI=1S/C19H23N3O4.C9H17NO3/c20-15-10-26-6-5-12(15)7-11-1-2-14-13(8-11)9-22(19(14)25)16-3-4-17(23)21-18(16)24;1-6-2-3-8(10-9(12)13)7(4-6)5-11/h1-2,8,12,15-16H,3-7,9-10,20H2,(H,21,23,24);6-8,10-11H,2-5H2,1H3,(H,12,13)/t12-,15+,16?;6?,7-,8+/m11/s1. The first-order chi connectivity index (χ1) is 18.7. The van der Waals surface area contributed by atoms with E-state index in [1.54, 1.807) is 4.90 Å². The Morgan fingerprint density at radius 1 is 1.18 bits per heavy atom. The van der Waals surface area contributed by atoms with Gasteiger partial charge in [0.25, 0.3) is 5.91 Å². The number of aliphatic hydroxyl groups is 1. The zero-order valence-corrected chi connectivity index (χ0v) is 22.4. The average Bonchev–Trinajstić information content (AvgIpc) is 3.22. The maximum atomic E-state index is 12.7. The SMILES string of the molecule is CC1CC[C@H](NC(=O)O)[C@@H](CO)C1.N[C@H]1COCC[C@@H]1Cc1ccc2c(c1)CN(C1CCC(=O)NC1=O)C2=O. The van der Waals surface area contributed by atoms with Gasteiger partial charge in [-0.25, -0.2) is 4.79 Å². The van der Waals surface area contributed by atoms with Gasteiger partial charge in [0.05, 0.1) is 6.61 Å². The fourth-order valence-corrected chi connectivity index (χ4v) is 6.16. The zero-order valence-electron chi connectivity index (χ0n) is 22.4. The Morgan fingerprint density at radius 2 is 1.97 bits per heavy atom. The number of carbonyl (C=O) groups is 4. The van der Waals surface area contributed by atoms with E-state index in [-0.39, 0.29) is 48.8 Å². The summed E-state index contributed by atoms with van der Waals surface area (Å²) >= 11 is 0. The van der Waals surface area contributed by atoms with Crippen molar-refractivity contribution < 1.29 is 34.1 Å². The Balaban J connectivity index is 0.000000229. The Labute approximate surface area is 228 Å². The number of imide groups is 1. The first kappa shape index (κ1) is 29.0. The normalized spacial score (nSPS) is 30.6. The van der Waals surface area contributed by atoms with Gasteiger partial charge >= 0.3 is 6.09 Å². The highest BCUT2D eigenvalue weighted by atomic mass is 16.5. The van der Waals surface area contributed by atoms with Crippen LogP contribution in [0.25, 0.3) is 0 Å². The van der Waals surface area contributed by atoms with Crippen LogP contribution < -0.4 is 16.4 Å². The number of hydrogen-bond donors (Lipinski definition) is 5. The molecule has 11 heteroatoms. The summed E-state index contributed by atoms with van der Waals surface area (Å²) < 4.78 is 5.40. The fraction of sp³-hybridized carbons (Fsp3) is 0.643. The van der Waals surface area contributed by atoms with E-state index in [0.717, 1.165) is 49.8 Å². The molecule has 2 unspecified atom stereocenters. The minimum Gasteiger partial charge on any atom is -0.465 e. The molecular formula is C28H40N4O7. The third kappa shape index (κ3) is 7.14. The van der Waals surface area contributed by atoms with Gasteiger partial charge < -0.3 is 30.9 Å². The summed E-state index contributed by atoms with van der Waals surface area (Å²) in [6, 6.07) is 5.30. The summed E-state index contributed by atoms with van der Waals surface area (Å²) in [4.78, 5) is 48.1. The predicted octanol–water partition coefficient (Wildman–Crippen LogP) is 1.41. The lowest BCUT2D eigenvalue weighted by Gasteiger charge is -2.33. The summed E-state index contributed by atoms with van der Waals surface area (Å²) in [7, 11) is 0. The lowest BCUT2D eigenvalue weighted by molar-refractivity contribution is -0.136. The highest BCUT2D eigenvalue weighted by Crippen LogP contribution is 2.30. The van der Waals surface area contributed by atoms with Crippen LogP contribution in [0.3, 0.4) is 0 Å². The Hall–Kier alpha value is -3.02. The van der Waals surface area contributed by atoms with Gasteiger partial charge in [-0.2, -0.15) is 0 Å². The van der Waals surface area contributed by atoms with E-state index in [0.29, 0.717) is 37.0 Å². The van der Waals surface area contributed by atoms with Crippen molar-refractivity contribution in [3.05, 3.63) is 34.9 Å². The number of nitrogens with one attached hydrogen (secondary N) is 2. The number of nitrogens with zero attached hydrogens (tertiary/aromatic N) is 1. The van der Waals surface area contributed by atoms with Crippen molar-refractivity contribution in [2.45, 2.75) is 76.5 Å². The second kappa shape index (κ2) is 12.9. The molecule has 3 heterocycles. The van der Waals surface area contributed by atoms with Crippen molar-refractivity contribution in [2.75, 3.05) is 19.8 Å². The fourth-order valence-electron chi connectivity index (χ4n) is 6.16. The number of carboxylic acid groups (broad SMARTS) is 1. The number of aliphatic hydroxyl groups excluding tert-OH is 1. The molecule has 3 fully saturated rings. The van der Waals surface area contributed by atoms with Gasteiger partial charge in [-0.3, -0.25) is 19.7 Å². The maximum absolute atomic E-state index is 12.7. The summed E-state index contributed by atoms with van der Waals surface area (Å²) in [5, 5.41) is 22.4. The third-order valence-electron chi connectivity index (χ3n) is 8.42. The minimum atomic E-state index is -0.988. The van der Waals surface area contributed by atoms with Crippen molar-refractivity contribution in [1.29, 1.82) is 0 Å². The molecule has 0 radical (unpaired) electrons. The monoisotopic (exact) mass is 544 g/mol. The topological polar surface area (TPSA) is 171 Å². The highest BCUT2D eigenvalue weighted by Gasteiger charge is 2.39. The molecule has 4 aliphatic rings. The number of carbonyl (C=O) groups excluding carboxylic acids is 3. The summed E-state index contributed by atoms with van der Waals surface area (Å²) in [6.07, 6.45) is 4.28. The van der Waals surface area contributed by atoms with Gasteiger partial charge in [0.2, 0.25) is 11.8 Å². The number of ether oxygens (including phenoxy) is 1. The number of fused-ring (bicyclic) bond motifs is 1. The number of benzene rings is 1. The number of amides is 4. The minimum absolute atomic E-state index is 0.0404. The Bertz CT molecular complexity index is 1080. The van der Waals surface area contributed by atoms with Gasteiger partial charge in [0.1, 0.15) is 6.04 Å². The van der Waals surface area contributed by atoms with E-state index in [1.807, 2.05) is 12.1 Å². The van der Waals surface area contributed by atoms with Crippen LogP contribution in [0, 0.1) is 17.8 Å². The molecule has 6 N–H and O–H groups in total. The van der Waals surface area contributed by atoms with Crippen molar-refractivity contribution in [1.82, 2.24) is 15.5 Å². The number of hydrogen-bond acceptors (Lipinski definition) is 7. The van der Waals surface area contributed by atoms with Crippen LogP contribution in [0.2, 0.25) is 0 Å². The molecule has 6 atom stereocenters. The molecule has 0 spiro atoms. The molecule has 39 heavy (non-hydrogen) atoms. The molecule has 3 aliphatic heterocycles. The third-order valence-corrected chi connectivity index (χ3v) is 8.42. The first-order valence-electron chi connectivity index (χ1n) is 13.9. The van der Waals surface area contributed by atoms with Gasteiger partial charge in [-0.05, 0) is 67.6 Å². The molecule has 11 nitrogen and oxygen atoms in total. The first-order valence-corrected chi connectivity index (χ1v) is 13.9. The molecule has 0 bridgehead atoms. The average molecular weight is 545 g/mol. The highest BCUT2D eigenvalue weighted by molar-refractivity contribution is 6.05. The predicted molar refractivity (Wildman–Crippen MR) is 142 cm³/mol. The zero-order chi connectivity index (χ0) is 28.1. The number of rotatable bonds is 5. The quantitative estimate of drug-likeness (QED) is 0.346. The van der Waals surface area contributed by atoms with Crippen molar-refractivity contribution in [2.24, 2.45) is 23.5 Å². The molecule has 1 aromatic carbocycles. The maximum Gasteiger partial charge on any atom is 0.404 e. The molecule has 1 saturated carbocycles. The molecular weight excluding hydrogens is 504 g/mol. The van der Waals surface area contributed by atoms with Crippen LogP contribution in [0.5, 0.6) is 0 Å². The van der Waals surface area contributed by atoms with Crippen LogP contribution in [-0.4, -0.2) is 76.9 Å². The largest absolute Gasteiger partial charge is 0.465 e. The second-order valence-electron chi connectivity index (χ2n) is 11.3. The van der Waals surface area contributed by atoms with E-state index in [2.05, 4.69) is 23.6 Å². The van der Waals surface area contributed by atoms with Crippen LogP contribution in [0.1, 0.15) is 66.9 Å². The molecule has 214 valence electrons. The van der Waals surface area contributed by atoms with E-state index in [1.165, 1.54) is 0 Å². The van der Waals surface area contributed by atoms with Gasteiger partial charge in [-0.1, -0.05) is 19.1 Å². The van der Waals surface area contributed by atoms with E-state index in [4.69, 9.17) is 20.7 Å². The molecule has 1 aliphatic carbocycles. The van der Waals surface area contributed by atoms with E-state index < -0.39 is 12.1 Å². The van der Waals surface area contributed by atoms with Crippen LogP contribution in [-0.2, 0) is 27.3 Å². The Kier molecular flexibility index (Phi) is 9.58. The van der Waals surface area contributed by atoms with Crippen molar-refractivity contribution in [3.63, 3.8) is 0 Å². The van der Waals surface area contributed by atoms with Gasteiger partial charge in [0.15, 0.2) is 0 Å². The van der Waals surface area contributed by atoms with Crippen molar-refractivity contribution in [3.8, 4) is 0 Å². The molecule has 1 aromatic rings. The van der Waals surface area contributed by atoms with Crippen LogP contribution in [0.15, 0.2) is 18.2 Å². The van der Waals surface area contributed by atoms with E-state index in [9.17, 15) is 19.2 Å². The molecule has 2 saturated heterocycles. The number of nitrogens with two attached hydrogens (primary N) is 1. The van der Waals surface area contributed by atoms with Crippen LogP contribution in [0.4, 0.5) is 4.79 Å². The second-order valence-corrected chi connectivity index (χ2v) is 11.3. The van der Waals surface area contributed by atoms with Crippen molar-refractivity contribution >= 4 is 23.8 Å². The summed E-state index contributed by atoms with van der Waals surface area (Å²) in [5.41, 5.74) is 8.90. The molecule has 4 amide bonds. The van der Waals surface area contributed by atoms with Crippen LogP contribution >= 0.6 is 0 Å². The van der Waals surface area contributed by atoms with E-state index >= 15 is 0 Å². The lowest BCUT2D eigenvalue weighted by atomic mass is 9.79. The molecule has 0 aromatic heterocycles.